The van der Waals surface area contributed by atoms with Gasteiger partial charge >= 0.3 is 0 Å². The van der Waals surface area contributed by atoms with Crippen LogP contribution in [0.5, 0.6) is 0 Å². The van der Waals surface area contributed by atoms with E-state index in [1.54, 1.807) is 18.2 Å². The maximum absolute atomic E-state index is 11.3. The molecule has 0 amide bonds. The third-order valence-electron chi connectivity index (χ3n) is 1.70. The molecule has 12 heavy (non-hydrogen) atoms. The molecule has 2 nitrogen and oxygen atoms in total. The Balaban J connectivity index is 2.67. The summed E-state index contributed by atoms with van der Waals surface area (Å²) in [6, 6.07) is 7.20. The molecule has 1 aromatic carbocycles. The lowest BCUT2D eigenvalue weighted by atomic mass is 10.2. The van der Waals surface area contributed by atoms with Crippen LogP contribution in [0.2, 0.25) is 0 Å². The Morgan fingerprint density at radius 2 is 1.83 bits per heavy atom. The first-order chi connectivity index (χ1) is 5.79. The van der Waals surface area contributed by atoms with Crippen molar-refractivity contribution in [3.8, 4) is 0 Å². The minimum atomic E-state index is -1.49. The lowest BCUT2D eigenvalue weighted by Crippen LogP contribution is -2.08. The van der Waals surface area contributed by atoms with Crippen LogP contribution in [0.15, 0.2) is 35.2 Å². The highest BCUT2D eigenvalue weighted by atomic mass is 32.2. The van der Waals surface area contributed by atoms with Crippen molar-refractivity contribution in [2.24, 2.45) is 0 Å². The molecule has 3 heteroatoms. The van der Waals surface area contributed by atoms with E-state index in [0.29, 0.717) is 4.90 Å². The first kappa shape index (κ1) is 7.43. The highest BCUT2D eigenvalue weighted by Crippen LogP contribution is 2.20. The van der Waals surface area contributed by atoms with Crippen LogP contribution in [0, 0.1) is 0 Å². The molecule has 0 bridgehead atoms. The summed E-state index contributed by atoms with van der Waals surface area (Å²) in [4.78, 5) is 11.6. The third kappa shape index (κ3) is 1.02. The standard InChI is InChI=1S/C9H6O2S/c10-9-6-5-7-3-1-2-4-8(7)12(9)11/h1-6H. The summed E-state index contributed by atoms with van der Waals surface area (Å²) in [6.45, 7) is 0. The van der Waals surface area contributed by atoms with Gasteiger partial charge < -0.3 is 0 Å². The zero-order valence-corrected chi connectivity index (χ0v) is 7.01. The van der Waals surface area contributed by atoms with E-state index in [4.69, 9.17) is 0 Å². The lowest BCUT2D eigenvalue weighted by molar-refractivity contribution is -0.107. The van der Waals surface area contributed by atoms with Gasteiger partial charge in [0.1, 0.15) is 10.8 Å². The number of rotatable bonds is 0. The summed E-state index contributed by atoms with van der Waals surface area (Å²) in [5, 5.41) is -0.325. The lowest BCUT2D eigenvalue weighted by Gasteiger charge is -2.06. The van der Waals surface area contributed by atoms with Crippen molar-refractivity contribution in [2.45, 2.75) is 4.90 Å². The second-order valence-electron chi connectivity index (χ2n) is 2.46. The van der Waals surface area contributed by atoms with E-state index in [1.807, 2.05) is 12.1 Å². The Kier molecular flexibility index (Phi) is 1.66. The first-order valence-corrected chi connectivity index (χ1v) is 4.67. The van der Waals surface area contributed by atoms with Gasteiger partial charge in [0.05, 0.1) is 4.90 Å². The minimum Gasteiger partial charge on any atom is -0.279 e. The number of fused-ring (bicyclic) bond motifs is 1. The Hall–Kier alpha value is -1.22. The summed E-state index contributed by atoms with van der Waals surface area (Å²) in [5.74, 6) is 0. The summed E-state index contributed by atoms with van der Waals surface area (Å²) in [5.41, 5.74) is 0.871. The van der Waals surface area contributed by atoms with Gasteiger partial charge in [0, 0.05) is 0 Å². The molecule has 2 rings (SSSR count). The molecule has 0 saturated carbocycles. The van der Waals surface area contributed by atoms with Gasteiger partial charge in [-0.05, 0) is 23.8 Å². The van der Waals surface area contributed by atoms with Crippen molar-refractivity contribution in [3.05, 3.63) is 35.9 Å². The van der Waals surface area contributed by atoms with Crippen molar-refractivity contribution < 1.29 is 9.00 Å². The number of benzene rings is 1. The number of hydrogen-bond donors (Lipinski definition) is 0. The van der Waals surface area contributed by atoms with Crippen LogP contribution in [-0.2, 0) is 15.6 Å². The molecule has 0 radical (unpaired) electrons. The smallest absolute Gasteiger partial charge is 0.246 e. The van der Waals surface area contributed by atoms with E-state index in [1.165, 1.54) is 6.08 Å². The molecule has 1 unspecified atom stereocenters. The van der Waals surface area contributed by atoms with Gasteiger partial charge in [-0.15, -0.1) is 0 Å². The quantitative estimate of drug-likeness (QED) is 0.601. The van der Waals surface area contributed by atoms with E-state index < -0.39 is 10.8 Å². The van der Waals surface area contributed by atoms with Crippen LogP contribution in [-0.4, -0.2) is 9.32 Å². The fraction of sp³-hybridized carbons (Fsp3) is 0. The Bertz CT molecular complexity index is 393. The molecule has 0 spiro atoms. The van der Waals surface area contributed by atoms with Gasteiger partial charge in [-0.3, -0.25) is 4.79 Å². The van der Waals surface area contributed by atoms with Crippen LogP contribution in [0.1, 0.15) is 5.56 Å². The Morgan fingerprint density at radius 1 is 1.08 bits per heavy atom. The van der Waals surface area contributed by atoms with Crippen LogP contribution in [0.4, 0.5) is 0 Å². The van der Waals surface area contributed by atoms with Crippen LogP contribution in [0.3, 0.4) is 0 Å². The van der Waals surface area contributed by atoms with Gasteiger partial charge in [-0.25, -0.2) is 4.21 Å². The molecule has 0 N–H and O–H groups in total. The van der Waals surface area contributed by atoms with E-state index in [9.17, 15) is 9.00 Å². The van der Waals surface area contributed by atoms with Crippen LogP contribution >= 0.6 is 0 Å². The molecule has 0 aliphatic carbocycles. The molecule has 1 aliphatic rings. The molecule has 60 valence electrons. The Morgan fingerprint density at radius 3 is 2.67 bits per heavy atom. The van der Waals surface area contributed by atoms with Gasteiger partial charge in [-0.1, -0.05) is 18.2 Å². The molecule has 1 aromatic rings. The van der Waals surface area contributed by atoms with Gasteiger partial charge in [-0.2, -0.15) is 0 Å². The second kappa shape index (κ2) is 2.68. The zero-order valence-electron chi connectivity index (χ0n) is 6.19. The predicted molar refractivity (Wildman–Crippen MR) is 46.9 cm³/mol. The van der Waals surface area contributed by atoms with Gasteiger partial charge in [0.25, 0.3) is 0 Å². The fourth-order valence-electron chi connectivity index (χ4n) is 1.12. The zero-order chi connectivity index (χ0) is 8.55. The molecular formula is C9H6O2S. The summed E-state index contributed by atoms with van der Waals surface area (Å²) in [6.07, 6.45) is 3.05. The summed E-state index contributed by atoms with van der Waals surface area (Å²) < 4.78 is 11.3. The number of carbonyl (C=O) groups is 1. The normalized spacial score (nSPS) is 20.7. The van der Waals surface area contributed by atoms with E-state index >= 15 is 0 Å². The predicted octanol–water partition coefficient (Wildman–Crippen LogP) is 1.35. The van der Waals surface area contributed by atoms with Crippen LogP contribution < -0.4 is 0 Å². The maximum Gasteiger partial charge on any atom is 0.246 e. The highest BCUT2D eigenvalue weighted by Gasteiger charge is 2.17. The summed E-state index contributed by atoms with van der Waals surface area (Å²) in [7, 11) is -1.49. The number of hydrogen-bond acceptors (Lipinski definition) is 2. The van der Waals surface area contributed by atoms with Gasteiger partial charge in [0.2, 0.25) is 5.12 Å². The maximum atomic E-state index is 11.3. The second-order valence-corrected chi connectivity index (χ2v) is 3.84. The molecule has 1 atom stereocenters. The Labute approximate surface area is 72.4 Å². The molecule has 0 saturated heterocycles. The van der Waals surface area contributed by atoms with Crippen molar-refractivity contribution in [1.29, 1.82) is 0 Å². The highest BCUT2D eigenvalue weighted by molar-refractivity contribution is 8.01. The van der Waals surface area contributed by atoms with E-state index in [-0.39, 0.29) is 5.12 Å². The largest absolute Gasteiger partial charge is 0.279 e. The third-order valence-corrected chi connectivity index (χ3v) is 2.97. The SMILES string of the molecule is O=C1C=Cc2ccccc2S1=O. The van der Waals surface area contributed by atoms with Crippen molar-refractivity contribution in [3.63, 3.8) is 0 Å². The van der Waals surface area contributed by atoms with Crippen LogP contribution in [0.25, 0.3) is 6.08 Å². The molecular weight excluding hydrogens is 172 g/mol. The minimum absolute atomic E-state index is 0.325. The number of carbonyl (C=O) groups excluding carboxylic acids is 1. The topological polar surface area (TPSA) is 34.1 Å². The van der Waals surface area contributed by atoms with E-state index in [0.717, 1.165) is 5.56 Å². The molecule has 1 aliphatic heterocycles. The summed E-state index contributed by atoms with van der Waals surface area (Å²) >= 11 is 0. The average molecular weight is 178 g/mol. The van der Waals surface area contributed by atoms with Crippen molar-refractivity contribution in [2.75, 3.05) is 0 Å². The first-order valence-electron chi connectivity index (χ1n) is 3.52. The average Bonchev–Trinajstić information content (AvgIpc) is 2.12. The van der Waals surface area contributed by atoms with E-state index in [2.05, 4.69) is 0 Å². The fourth-order valence-corrected chi connectivity index (χ4v) is 2.08. The van der Waals surface area contributed by atoms with Gasteiger partial charge in [0.15, 0.2) is 0 Å². The molecule has 0 aromatic heterocycles. The van der Waals surface area contributed by atoms with Crippen molar-refractivity contribution in [1.82, 2.24) is 0 Å². The monoisotopic (exact) mass is 178 g/mol. The van der Waals surface area contributed by atoms with Crippen molar-refractivity contribution >= 4 is 22.0 Å². The molecule has 1 heterocycles. The molecule has 0 fully saturated rings.